The van der Waals surface area contributed by atoms with Gasteiger partial charge in [0.05, 0.1) is 5.57 Å². The highest BCUT2D eigenvalue weighted by Crippen LogP contribution is 2.34. The van der Waals surface area contributed by atoms with Crippen molar-refractivity contribution in [3.05, 3.63) is 65.0 Å². The molecule has 1 aromatic rings. The van der Waals surface area contributed by atoms with E-state index in [1.807, 2.05) is 12.0 Å². The fourth-order valence-corrected chi connectivity index (χ4v) is 3.44. The summed E-state index contributed by atoms with van der Waals surface area (Å²) in [7, 11) is 0. The first-order chi connectivity index (χ1) is 12.0. The number of hydrogen-bond acceptors (Lipinski definition) is 4. The minimum absolute atomic E-state index is 0.0478. The van der Waals surface area contributed by atoms with Crippen molar-refractivity contribution >= 4 is 17.7 Å². The molecular weight excluding hydrogens is 318 g/mol. The number of nitrogen functional groups attached to an aromatic ring is 1. The fourth-order valence-electron chi connectivity index (χ4n) is 3.44. The Morgan fingerprint density at radius 1 is 1.28 bits per heavy atom. The molecule has 0 saturated carbocycles. The number of likely N-dealkylation sites (tertiary alicyclic amines) is 1. The zero-order valence-electron chi connectivity index (χ0n) is 13.6. The van der Waals surface area contributed by atoms with E-state index in [2.05, 4.69) is 0 Å². The van der Waals surface area contributed by atoms with Crippen molar-refractivity contribution in [3.8, 4) is 0 Å². The first kappa shape index (κ1) is 16.7. The lowest BCUT2D eigenvalue weighted by Gasteiger charge is -2.31. The standard InChI is InChI=1S/C19H19N3O3/c20-18(21)12-6-8-13(9-7-12)19(25)22-10-2-4-16(22)14-3-1-5-17(24)15(14)11-23/h1,3,5-9,14,16,24H,2,4,10H2,(H3,20,21). The van der Waals surface area contributed by atoms with Gasteiger partial charge >= 0.3 is 0 Å². The first-order valence-corrected chi connectivity index (χ1v) is 8.11. The number of allylic oxidation sites excluding steroid dienone is 3. The summed E-state index contributed by atoms with van der Waals surface area (Å²) in [6.07, 6.45) is 6.57. The largest absolute Gasteiger partial charge is 0.507 e. The van der Waals surface area contributed by atoms with Crippen molar-refractivity contribution in [1.29, 1.82) is 5.41 Å². The maximum Gasteiger partial charge on any atom is 0.254 e. The number of nitrogens with zero attached hydrogens (tertiary/aromatic N) is 1. The summed E-state index contributed by atoms with van der Waals surface area (Å²) >= 11 is 0. The van der Waals surface area contributed by atoms with Crippen LogP contribution in [0.4, 0.5) is 0 Å². The lowest BCUT2D eigenvalue weighted by molar-refractivity contribution is 0.0715. The number of aliphatic hydroxyl groups excluding tert-OH is 1. The molecule has 6 heteroatoms. The van der Waals surface area contributed by atoms with Gasteiger partial charge in [0.2, 0.25) is 0 Å². The van der Waals surface area contributed by atoms with Crippen LogP contribution in [0.1, 0.15) is 28.8 Å². The minimum atomic E-state index is -0.356. The van der Waals surface area contributed by atoms with Crippen LogP contribution in [-0.2, 0) is 4.79 Å². The van der Waals surface area contributed by atoms with Crippen molar-refractivity contribution < 1.29 is 14.7 Å². The Kier molecular flexibility index (Phi) is 4.55. The van der Waals surface area contributed by atoms with Crippen molar-refractivity contribution in [1.82, 2.24) is 4.90 Å². The van der Waals surface area contributed by atoms with Crippen molar-refractivity contribution in [2.75, 3.05) is 6.54 Å². The maximum absolute atomic E-state index is 12.9. The van der Waals surface area contributed by atoms with Crippen LogP contribution in [0.2, 0.25) is 0 Å². The number of hydrogen-bond donors (Lipinski definition) is 3. The van der Waals surface area contributed by atoms with E-state index in [1.54, 1.807) is 35.2 Å². The van der Waals surface area contributed by atoms with Crippen molar-refractivity contribution in [2.45, 2.75) is 18.9 Å². The van der Waals surface area contributed by atoms with Gasteiger partial charge in [-0.15, -0.1) is 0 Å². The van der Waals surface area contributed by atoms with Crippen LogP contribution in [0, 0.1) is 11.3 Å². The van der Waals surface area contributed by atoms with Crippen molar-refractivity contribution in [3.63, 3.8) is 0 Å². The summed E-state index contributed by atoms with van der Waals surface area (Å²) in [6.45, 7) is 0.596. The molecule has 1 amide bonds. The molecule has 128 valence electrons. The predicted molar refractivity (Wildman–Crippen MR) is 94.1 cm³/mol. The van der Waals surface area contributed by atoms with E-state index >= 15 is 0 Å². The average Bonchev–Trinajstić information content (AvgIpc) is 3.10. The van der Waals surface area contributed by atoms with Crippen LogP contribution < -0.4 is 5.73 Å². The van der Waals surface area contributed by atoms with Gasteiger partial charge in [0.25, 0.3) is 5.91 Å². The predicted octanol–water partition coefficient (Wildman–Crippen LogP) is 1.96. The minimum Gasteiger partial charge on any atom is -0.507 e. The van der Waals surface area contributed by atoms with Gasteiger partial charge < -0.3 is 15.7 Å². The van der Waals surface area contributed by atoms with E-state index in [4.69, 9.17) is 11.1 Å². The normalized spacial score (nSPS) is 22.5. The van der Waals surface area contributed by atoms with E-state index in [9.17, 15) is 14.7 Å². The van der Waals surface area contributed by atoms with E-state index < -0.39 is 0 Å². The summed E-state index contributed by atoms with van der Waals surface area (Å²) in [6, 6.07) is 6.40. The summed E-state index contributed by atoms with van der Waals surface area (Å²) in [5, 5.41) is 17.3. The number of benzene rings is 1. The van der Waals surface area contributed by atoms with Gasteiger partial charge in [-0.2, -0.15) is 0 Å². The highest BCUT2D eigenvalue weighted by molar-refractivity contribution is 5.98. The Hall–Kier alpha value is -3.11. The van der Waals surface area contributed by atoms with Crippen LogP contribution in [-0.4, -0.2) is 40.3 Å². The number of aliphatic hydroxyl groups is 1. The lowest BCUT2D eigenvalue weighted by atomic mass is 9.86. The zero-order chi connectivity index (χ0) is 18.0. The van der Waals surface area contributed by atoms with Gasteiger partial charge in [-0.1, -0.05) is 24.3 Å². The van der Waals surface area contributed by atoms with E-state index in [0.29, 0.717) is 17.7 Å². The molecule has 0 radical (unpaired) electrons. The average molecular weight is 337 g/mol. The second-order valence-electron chi connectivity index (χ2n) is 6.18. The zero-order valence-corrected chi connectivity index (χ0v) is 13.6. The molecule has 1 saturated heterocycles. The van der Waals surface area contributed by atoms with E-state index in [1.165, 1.54) is 6.08 Å². The van der Waals surface area contributed by atoms with E-state index in [-0.39, 0.29) is 35.0 Å². The third kappa shape index (κ3) is 3.12. The summed E-state index contributed by atoms with van der Waals surface area (Å²) in [5.74, 6) is 1.19. The highest BCUT2D eigenvalue weighted by Gasteiger charge is 2.37. The number of carbonyl (C=O) groups excluding carboxylic acids is 2. The van der Waals surface area contributed by atoms with Gasteiger partial charge in [-0.3, -0.25) is 10.2 Å². The van der Waals surface area contributed by atoms with Gasteiger partial charge in [-0.25, -0.2) is 4.79 Å². The monoisotopic (exact) mass is 337 g/mol. The Balaban J connectivity index is 1.85. The van der Waals surface area contributed by atoms with Crippen LogP contribution in [0.15, 0.2) is 53.8 Å². The van der Waals surface area contributed by atoms with Crippen LogP contribution in [0.25, 0.3) is 0 Å². The molecule has 2 atom stereocenters. The number of nitrogens with two attached hydrogens (primary N) is 1. The molecule has 0 aromatic heterocycles. The molecule has 25 heavy (non-hydrogen) atoms. The van der Waals surface area contributed by atoms with E-state index in [0.717, 1.165) is 12.8 Å². The molecule has 1 aliphatic carbocycles. The molecule has 4 N–H and O–H groups in total. The van der Waals surface area contributed by atoms with Gasteiger partial charge in [0.1, 0.15) is 17.5 Å². The van der Waals surface area contributed by atoms with Crippen LogP contribution in [0.5, 0.6) is 0 Å². The Labute approximate surface area is 145 Å². The lowest BCUT2D eigenvalue weighted by Crippen LogP contribution is -2.40. The molecule has 0 bridgehead atoms. The number of rotatable bonds is 3. The smallest absolute Gasteiger partial charge is 0.254 e. The molecule has 0 spiro atoms. The topological polar surface area (TPSA) is 107 Å². The van der Waals surface area contributed by atoms with Gasteiger partial charge in [-0.05, 0) is 31.1 Å². The molecule has 1 heterocycles. The molecule has 1 aliphatic heterocycles. The first-order valence-electron chi connectivity index (χ1n) is 8.11. The molecule has 2 unspecified atom stereocenters. The summed E-state index contributed by atoms with van der Waals surface area (Å²) < 4.78 is 0. The number of amidine groups is 1. The fraction of sp³-hybridized carbons (Fsp3) is 0.263. The Morgan fingerprint density at radius 2 is 1.96 bits per heavy atom. The molecule has 1 fully saturated rings. The molecule has 2 aliphatic rings. The SMILES string of the molecule is N=C(N)c1ccc(C(=O)N2CCCC2C2C=CC=C(O)C2=C=O)cc1. The Bertz CT molecular complexity index is 817. The van der Waals surface area contributed by atoms with Crippen LogP contribution in [0.3, 0.4) is 0 Å². The number of carbonyl (C=O) groups is 1. The third-order valence-corrected chi connectivity index (χ3v) is 4.71. The molecule has 3 rings (SSSR count). The summed E-state index contributed by atoms with van der Waals surface area (Å²) in [4.78, 5) is 25.9. The molecule has 6 nitrogen and oxygen atoms in total. The molecule has 1 aromatic carbocycles. The second-order valence-corrected chi connectivity index (χ2v) is 6.18. The van der Waals surface area contributed by atoms with Crippen molar-refractivity contribution in [2.24, 2.45) is 11.7 Å². The third-order valence-electron chi connectivity index (χ3n) is 4.71. The Morgan fingerprint density at radius 3 is 2.60 bits per heavy atom. The van der Waals surface area contributed by atoms with Gasteiger partial charge in [0, 0.05) is 29.6 Å². The number of nitrogens with one attached hydrogen (secondary N) is 1. The number of amides is 1. The van der Waals surface area contributed by atoms with Crippen LogP contribution >= 0.6 is 0 Å². The highest BCUT2D eigenvalue weighted by atomic mass is 16.3. The second kappa shape index (κ2) is 6.79. The molecular formula is C19H19N3O3. The summed E-state index contributed by atoms with van der Waals surface area (Å²) in [5.41, 5.74) is 6.70. The quantitative estimate of drug-likeness (QED) is 0.445. The van der Waals surface area contributed by atoms with Gasteiger partial charge in [0.15, 0.2) is 0 Å². The maximum atomic E-state index is 12.9.